The van der Waals surface area contributed by atoms with Crippen molar-refractivity contribution in [1.82, 2.24) is 0 Å². The second-order valence-electron chi connectivity index (χ2n) is 3.32. The van der Waals surface area contributed by atoms with Gasteiger partial charge >= 0.3 is 0 Å². The molecular weight excluding hydrogens is 258 g/mol. The fourth-order valence-corrected chi connectivity index (χ4v) is 3.24. The highest BCUT2D eigenvalue weighted by Gasteiger charge is 2.10. The lowest BCUT2D eigenvalue weighted by molar-refractivity contribution is 0.706. The number of fused-ring (bicyclic) bond motifs is 1. The minimum atomic E-state index is 0.165. The van der Waals surface area contributed by atoms with E-state index >= 15 is 0 Å². The summed E-state index contributed by atoms with van der Waals surface area (Å²) in [6, 6.07) is 6.44. The van der Waals surface area contributed by atoms with Gasteiger partial charge in [-0.2, -0.15) is 0 Å². The maximum Gasteiger partial charge on any atom is 0.0488 e. The summed E-state index contributed by atoms with van der Waals surface area (Å²) in [5.74, 6) is 0. The van der Waals surface area contributed by atoms with Crippen LogP contribution in [0.1, 0.15) is 24.9 Å². The molecule has 0 aliphatic heterocycles. The summed E-state index contributed by atoms with van der Waals surface area (Å²) < 4.78 is 2.46. The largest absolute Gasteiger partial charge is 0.324 e. The van der Waals surface area contributed by atoms with Crippen LogP contribution in [0.4, 0.5) is 0 Å². The number of hydrogen-bond donors (Lipinski definition) is 1. The van der Waals surface area contributed by atoms with Crippen molar-refractivity contribution in [2.45, 2.75) is 19.4 Å². The first-order chi connectivity index (χ1) is 6.74. The Bertz CT molecular complexity index is 449. The molecule has 0 fully saturated rings. The summed E-state index contributed by atoms with van der Waals surface area (Å²) in [5, 5.41) is 3.46. The highest BCUT2D eigenvalue weighted by atomic mass is 79.9. The van der Waals surface area contributed by atoms with E-state index in [2.05, 4.69) is 46.4 Å². The Kier molecular flexibility index (Phi) is 2.91. The molecule has 1 aromatic carbocycles. The van der Waals surface area contributed by atoms with Gasteiger partial charge in [0.25, 0.3) is 0 Å². The zero-order valence-corrected chi connectivity index (χ0v) is 10.4. The molecule has 1 heterocycles. The Labute approximate surface area is 96.1 Å². The van der Waals surface area contributed by atoms with E-state index in [4.69, 9.17) is 5.73 Å². The molecule has 0 bridgehead atoms. The van der Waals surface area contributed by atoms with Gasteiger partial charge in [-0.15, -0.1) is 11.3 Å². The maximum absolute atomic E-state index is 6.05. The van der Waals surface area contributed by atoms with Gasteiger partial charge in [-0.05, 0) is 44.7 Å². The van der Waals surface area contributed by atoms with Crippen LogP contribution in [0, 0.1) is 0 Å². The van der Waals surface area contributed by atoms with Gasteiger partial charge < -0.3 is 5.73 Å². The molecule has 0 amide bonds. The number of benzene rings is 1. The Hall–Kier alpha value is -0.380. The van der Waals surface area contributed by atoms with Crippen LogP contribution in [0.15, 0.2) is 28.1 Å². The minimum Gasteiger partial charge on any atom is -0.324 e. The van der Waals surface area contributed by atoms with Gasteiger partial charge in [0.15, 0.2) is 0 Å². The van der Waals surface area contributed by atoms with Crippen LogP contribution in [-0.2, 0) is 0 Å². The fourth-order valence-electron chi connectivity index (χ4n) is 1.55. The summed E-state index contributed by atoms with van der Waals surface area (Å²) in [5.41, 5.74) is 7.32. The lowest BCUT2D eigenvalue weighted by atomic mass is 10.0. The monoisotopic (exact) mass is 269 g/mol. The molecule has 74 valence electrons. The van der Waals surface area contributed by atoms with Gasteiger partial charge in [0.05, 0.1) is 0 Å². The second kappa shape index (κ2) is 4.01. The van der Waals surface area contributed by atoms with E-state index in [0.29, 0.717) is 0 Å². The van der Waals surface area contributed by atoms with Crippen LogP contribution in [0.3, 0.4) is 0 Å². The fraction of sp³-hybridized carbons (Fsp3) is 0.273. The Morgan fingerprint density at radius 3 is 3.00 bits per heavy atom. The molecule has 0 saturated carbocycles. The molecule has 1 aromatic heterocycles. The molecule has 0 saturated heterocycles. The average molecular weight is 270 g/mol. The first kappa shape index (κ1) is 10.1. The Morgan fingerprint density at radius 2 is 2.29 bits per heavy atom. The van der Waals surface area contributed by atoms with Crippen LogP contribution in [-0.4, -0.2) is 0 Å². The van der Waals surface area contributed by atoms with Crippen molar-refractivity contribution in [3.05, 3.63) is 33.6 Å². The molecule has 14 heavy (non-hydrogen) atoms. The van der Waals surface area contributed by atoms with Crippen LogP contribution < -0.4 is 5.73 Å². The number of halogens is 1. The Morgan fingerprint density at radius 1 is 1.50 bits per heavy atom. The molecule has 2 aromatic rings. The molecule has 3 heteroatoms. The van der Waals surface area contributed by atoms with Crippen LogP contribution in [0.25, 0.3) is 10.1 Å². The highest BCUT2D eigenvalue weighted by molar-refractivity contribution is 9.10. The molecule has 2 N–H and O–H groups in total. The van der Waals surface area contributed by atoms with E-state index in [-0.39, 0.29) is 6.04 Å². The normalized spacial score (nSPS) is 13.4. The van der Waals surface area contributed by atoms with Gasteiger partial charge in [-0.25, -0.2) is 0 Å². The van der Waals surface area contributed by atoms with Crippen LogP contribution >= 0.6 is 27.3 Å². The molecular formula is C11H12BrNS. The molecule has 0 spiro atoms. The van der Waals surface area contributed by atoms with E-state index in [1.807, 2.05) is 0 Å². The molecule has 2 rings (SSSR count). The first-order valence-corrected chi connectivity index (χ1v) is 6.32. The van der Waals surface area contributed by atoms with Gasteiger partial charge in [0.2, 0.25) is 0 Å². The van der Waals surface area contributed by atoms with Crippen molar-refractivity contribution in [3.8, 4) is 0 Å². The van der Waals surface area contributed by atoms with Gasteiger partial charge in [-0.3, -0.25) is 0 Å². The highest BCUT2D eigenvalue weighted by Crippen LogP contribution is 2.35. The standard InChI is InChI=1S/C11H12BrNS/c1-2-10(13)8-6-14-11-7(8)4-3-5-9(11)12/h3-6,10H,2,13H2,1H3. The number of thiophene rings is 1. The van der Waals surface area contributed by atoms with E-state index in [9.17, 15) is 0 Å². The second-order valence-corrected chi connectivity index (χ2v) is 5.06. The minimum absolute atomic E-state index is 0.165. The van der Waals surface area contributed by atoms with Gasteiger partial charge in [0.1, 0.15) is 0 Å². The van der Waals surface area contributed by atoms with E-state index in [0.717, 1.165) is 10.9 Å². The van der Waals surface area contributed by atoms with Crippen molar-refractivity contribution < 1.29 is 0 Å². The third kappa shape index (κ3) is 1.60. The zero-order chi connectivity index (χ0) is 10.1. The van der Waals surface area contributed by atoms with Crippen molar-refractivity contribution in [3.63, 3.8) is 0 Å². The smallest absolute Gasteiger partial charge is 0.0488 e. The van der Waals surface area contributed by atoms with Crippen LogP contribution in [0.2, 0.25) is 0 Å². The summed E-state index contributed by atoms with van der Waals surface area (Å²) in [4.78, 5) is 0. The molecule has 0 aliphatic carbocycles. The third-order valence-electron chi connectivity index (χ3n) is 2.42. The SMILES string of the molecule is CCC(N)c1csc2c(Br)cccc12. The van der Waals surface area contributed by atoms with Crippen molar-refractivity contribution in [2.75, 3.05) is 0 Å². The van der Waals surface area contributed by atoms with Crippen molar-refractivity contribution in [2.24, 2.45) is 5.73 Å². The van der Waals surface area contributed by atoms with E-state index in [1.54, 1.807) is 11.3 Å². The zero-order valence-electron chi connectivity index (χ0n) is 7.96. The van der Waals surface area contributed by atoms with E-state index in [1.165, 1.54) is 15.6 Å². The van der Waals surface area contributed by atoms with Crippen molar-refractivity contribution >= 4 is 37.4 Å². The predicted octanol–water partition coefficient (Wildman–Crippen LogP) is 4.07. The predicted molar refractivity (Wildman–Crippen MR) is 66.7 cm³/mol. The lowest BCUT2D eigenvalue weighted by Crippen LogP contribution is -2.07. The van der Waals surface area contributed by atoms with Gasteiger partial charge in [-0.1, -0.05) is 19.1 Å². The summed E-state index contributed by atoms with van der Waals surface area (Å²) >= 11 is 5.31. The number of nitrogens with two attached hydrogens (primary N) is 1. The number of hydrogen-bond acceptors (Lipinski definition) is 2. The summed E-state index contributed by atoms with van der Waals surface area (Å²) in [6.07, 6.45) is 0.984. The van der Waals surface area contributed by atoms with E-state index < -0.39 is 0 Å². The average Bonchev–Trinajstić information content (AvgIpc) is 2.62. The molecule has 1 nitrogen and oxygen atoms in total. The summed E-state index contributed by atoms with van der Waals surface area (Å²) in [7, 11) is 0. The maximum atomic E-state index is 6.05. The molecule has 1 unspecified atom stereocenters. The summed E-state index contributed by atoms with van der Waals surface area (Å²) in [6.45, 7) is 2.12. The number of rotatable bonds is 2. The first-order valence-electron chi connectivity index (χ1n) is 4.65. The topological polar surface area (TPSA) is 26.0 Å². The van der Waals surface area contributed by atoms with Crippen molar-refractivity contribution in [1.29, 1.82) is 0 Å². The Balaban J connectivity index is 2.63. The molecule has 1 atom stereocenters. The van der Waals surface area contributed by atoms with Crippen LogP contribution in [0.5, 0.6) is 0 Å². The lowest BCUT2D eigenvalue weighted by Gasteiger charge is -2.06. The molecule has 0 radical (unpaired) electrons. The third-order valence-corrected chi connectivity index (χ3v) is 4.39. The van der Waals surface area contributed by atoms with Gasteiger partial charge in [0, 0.05) is 15.2 Å². The quantitative estimate of drug-likeness (QED) is 0.874. The molecule has 0 aliphatic rings.